The zero-order valence-corrected chi connectivity index (χ0v) is 15.0. The first-order valence-corrected chi connectivity index (χ1v) is 8.66. The summed E-state index contributed by atoms with van der Waals surface area (Å²) in [7, 11) is 0. The van der Waals surface area contributed by atoms with Crippen molar-refractivity contribution in [2.24, 2.45) is 0 Å². The molecule has 2 rings (SSSR count). The summed E-state index contributed by atoms with van der Waals surface area (Å²) in [5.74, 6) is -1.40. The van der Waals surface area contributed by atoms with E-state index in [9.17, 15) is 14.7 Å². The van der Waals surface area contributed by atoms with E-state index in [1.165, 1.54) is 6.20 Å². The smallest absolute Gasteiger partial charge is 0.326 e. The van der Waals surface area contributed by atoms with Crippen molar-refractivity contribution in [2.75, 3.05) is 0 Å². The minimum absolute atomic E-state index is 0.389. The lowest BCUT2D eigenvalue weighted by atomic mass is 10.1. The molecule has 0 saturated carbocycles. The minimum Gasteiger partial charge on any atom is -0.480 e. The predicted molar refractivity (Wildman–Crippen MR) is 96.1 cm³/mol. The number of hydrogen-bond acceptors (Lipinski definition) is 3. The zero-order chi connectivity index (χ0) is 18.4. The van der Waals surface area contributed by atoms with Gasteiger partial charge in [0.15, 0.2) is 0 Å². The number of amides is 1. The summed E-state index contributed by atoms with van der Waals surface area (Å²) in [6.07, 6.45) is 4.18. The molecule has 1 atom stereocenters. The van der Waals surface area contributed by atoms with E-state index in [1.54, 1.807) is 4.68 Å². The number of para-hydroxylation sites is 1. The number of aromatic nitrogens is 2. The molecule has 1 amide bonds. The second-order valence-corrected chi connectivity index (χ2v) is 6.06. The van der Waals surface area contributed by atoms with Crippen LogP contribution < -0.4 is 5.32 Å². The Morgan fingerprint density at radius 2 is 2.00 bits per heavy atom. The van der Waals surface area contributed by atoms with Crippen LogP contribution in [0.2, 0.25) is 0 Å². The summed E-state index contributed by atoms with van der Waals surface area (Å²) < 4.78 is 1.76. The Morgan fingerprint density at radius 1 is 1.28 bits per heavy atom. The Balaban J connectivity index is 2.29. The second kappa shape index (κ2) is 8.46. The number of aryl methyl sites for hydroxylation is 1. The maximum Gasteiger partial charge on any atom is 0.326 e. The number of carboxylic acids is 1. The van der Waals surface area contributed by atoms with Gasteiger partial charge >= 0.3 is 5.97 Å². The summed E-state index contributed by atoms with van der Waals surface area (Å²) in [5.41, 5.74) is 3.16. The van der Waals surface area contributed by atoms with Crippen LogP contribution in [0.3, 0.4) is 0 Å². The first kappa shape index (κ1) is 18.7. The van der Waals surface area contributed by atoms with Gasteiger partial charge in [-0.2, -0.15) is 5.10 Å². The van der Waals surface area contributed by atoms with Crippen molar-refractivity contribution in [1.29, 1.82) is 0 Å². The fourth-order valence-electron chi connectivity index (χ4n) is 2.81. The second-order valence-electron chi connectivity index (χ2n) is 6.06. The van der Waals surface area contributed by atoms with Crippen LogP contribution in [0, 0.1) is 6.92 Å². The molecule has 25 heavy (non-hydrogen) atoms. The molecule has 0 aliphatic rings. The number of benzene rings is 1. The van der Waals surface area contributed by atoms with E-state index < -0.39 is 12.0 Å². The van der Waals surface area contributed by atoms with Crippen LogP contribution in [0.15, 0.2) is 30.5 Å². The van der Waals surface area contributed by atoms with Crippen molar-refractivity contribution in [3.8, 4) is 5.69 Å². The Labute approximate surface area is 147 Å². The molecule has 2 aromatic rings. The molecule has 1 unspecified atom stereocenters. The third-order valence-electron chi connectivity index (χ3n) is 4.24. The van der Waals surface area contributed by atoms with E-state index in [2.05, 4.69) is 10.4 Å². The number of aliphatic carboxylic acids is 1. The van der Waals surface area contributed by atoms with E-state index in [-0.39, 0.29) is 5.91 Å². The number of rotatable bonds is 8. The van der Waals surface area contributed by atoms with Crippen LogP contribution in [0.25, 0.3) is 5.69 Å². The first-order valence-electron chi connectivity index (χ1n) is 8.66. The molecule has 0 spiro atoms. The van der Waals surface area contributed by atoms with Crippen molar-refractivity contribution < 1.29 is 14.7 Å². The summed E-state index contributed by atoms with van der Waals surface area (Å²) in [6, 6.07) is 6.94. The Bertz CT molecular complexity index is 752. The van der Waals surface area contributed by atoms with E-state index >= 15 is 0 Å². The summed E-state index contributed by atoms with van der Waals surface area (Å²) in [6.45, 7) is 5.93. The van der Waals surface area contributed by atoms with Gasteiger partial charge in [0, 0.05) is 0 Å². The monoisotopic (exact) mass is 343 g/mol. The molecule has 0 saturated heterocycles. The van der Waals surface area contributed by atoms with Crippen molar-refractivity contribution >= 4 is 11.9 Å². The summed E-state index contributed by atoms with van der Waals surface area (Å²) >= 11 is 0. The molecular weight excluding hydrogens is 318 g/mol. The van der Waals surface area contributed by atoms with E-state index in [0.717, 1.165) is 29.8 Å². The lowest BCUT2D eigenvalue weighted by Gasteiger charge is -2.15. The molecule has 1 aromatic carbocycles. The third kappa shape index (κ3) is 4.26. The van der Waals surface area contributed by atoms with Crippen molar-refractivity contribution in [1.82, 2.24) is 15.1 Å². The van der Waals surface area contributed by atoms with Crippen molar-refractivity contribution in [3.05, 3.63) is 47.3 Å². The molecule has 0 aliphatic carbocycles. The molecular formula is C19H25N3O3. The number of carbonyl (C=O) groups is 2. The maximum absolute atomic E-state index is 12.6. The van der Waals surface area contributed by atoms with Gasteiger partial charge in [0.05, 0.1) is 23.1 Å². The molecule has 6 nitrogen and oxygen atoms in total. The number of hydrogen-bond donors (Lipinski definition) is 2. The van der Waals surface area contributed by atoms with Crippen molar-refractivity contribution in [3.63, 3.8) is 0 Å². The Kier molecular flexibility index (Phi) is 6.33. The summed E-state index contributed by atoms with van der Waals surface area (Å²) in [5, 5.41) is 16.3. The molecule has 0 fully saturated rings. The molecule has 0 bridgehead atoms. The quantitative estimate of drug-likeness (QED) is 0.771. The van der Waals surface area contributed by atoms with Gasteiger partial charge in [-0.05, 0) is 31.4 Å². The van der Waals surface area contributed by atoms with Crippen LogP contribution in [-0.2, 0) is 11.2 Å². The van der Waals surface area contributed by atoms with Gasteiger partial charge in [0.25, 0.3) is 5.91 Å². The maximum atomic E-state index is 12.6. The van der Waals surface area contributed by atoms with E-state index in [0.29, 0.717) is 18.4 Å². The van der Waals surface area contributed by atoms with Crippen LogP contribution in [0.4, 0.5) is 0 Å². The van der Waals surface area contributed by atoms with Gasteiger partial charge in [0.2, 0.25) is 0 Å². The lowest BCUT2D eigenvalue weighted by molar-refractivity contribution is -0.139. The van der Waals surface area contributed by atoms with Gasteiger partial charge in [-0.15, -0.1) is 0 Å². The predicted octanol–water partition coefficient (Wildman–Crippen LogP) is 3.12. The fraction of sp³-hybridized carbons (Fsp3) is 0.421. The highest BCUT2D eigenvalue weighted by Crippen LogP contribution is 2.19. The largest absolute Gasteiger partial charge is 0.480 e. The van der Waals surface area contributed by atoms with Crippen LogP contribution in [0.1, 0.15) is 54.7 Å². The molecule has 2 N–H and O–H groups in total. The number of carbonyl (C=O) groups excluding carboxylic acids is 1. The van der Waals surface area contributed by atoms with Crippen molar-refractivity contribution in [2.45, 2.75) is 52.5 Å². The number of unbranched alkanes of at least 4 members (excludes halogenated alkanes) is 1. The highest BCUT2D eigenvalue weighted by Gasteiger charge is 2.23. The zero-order valence-electron chi connectivity index (χ0n) is 15.0. The highest BCUT2D eigenvalue weighted by molar-refractivity contribution is 5.97. The van der Waals surface area contributed by atoms with E-state index in [4.69, 9.17) is 0 Å². The van der Waals surface area contributed by atoms with Gasteiger partial charge in [-0.1, -0.05) is 44.9 Å². The minimum atomic E-state index is -1.01. The number of nitrogens with zero attached hydrogens (tertiary/aromatic N) is 2. The average molecular weight is 343 g/mol. The Hall–Kier alpha value is -2.63. The number of nitrogens with one attached hydrogen (secondary N) is 1. The lowest BCUT2D eigenvalue weighted by Crippen LogP contribution is -2.41. The molecule has 1 heterocycles. The van der Waals surface area contributed by atoms with Crippen LogP contribution in [-0.4, -0.2) is 32.8 Å². The van der Waals surface area contributed by atoms with Crippen LogP contribution in [0.5, 0.6) is 0 Å². The molecule has 6 heteroatoms. The standard InChI is InChI=1S/C19H25N3O3/c1-4-6-10-15(19(24)25)21-18(23)14-12-20-22(16(14)5-2)17-11-8-7-9-13(17)3/h7-9,11-12,15H,4-6,10H2,1-3H3,(H,21,23)(H,24,25). The van der Waals surface area contributed by atoms with Gasteiger partial charge in [-0.3, -0.25) is 4.79 Å². The highest BCUT2D eigenvalue weighted by atomic mass is 16.4. The molecule has 134 valence electrons. The average Bonchev–Trinajstić information content (AvgIpc) is 3.02. The van der Waals surface area contributed by atoms with Gasteiger partial charge in [0.1, 0.15) is 6.04 Å². The fourth-order valence-corrected chi connectivity index (χ4v) is 2.81. The normalized spacial score (nSPS) is 12.0. The first-order chi connectivity index (χ1) is 12.0. The molecule has 0 aliphatic heterocycles. The van der Waals surface area contributed by atoms with Gasteiger partial charge in [-0.25, -0.2) is 9.48 Å². The molecule has 1 aromatic heterocycles. The Morgan fingerprint density at radius 3 is 2.60 bits per heavy atom. The topological polar surface area (TPSA) is 84.2 Å². The summed E-state index contributed by atoms with van der Waals surface area (Å²) in [4.78, 5) is 24.0. The SMILES string of the molecule is CCCCC(NC(=O)c1cnn(-c2ccccc2C)c1CC)C(=O)O. The number of carboxylic acid groups (broad SMARTS) is 1. The van der Waals surface area contributed by atoms with Gasteiger partial charge < -0.3 is 10.4 Å². The molecule has 0 radical (unpaired) electrons. The third-order valence-corrected chi connectivity index (χ3v) is 4.24. The van der Waals surface area contributed by atoms with E-state index in [1.807, 2.05) is 45.0 Å². The van der Waals surface area contributed by atoms with Crippen LogP contribution >= 0.6 is 0 Å².